The van der Waals surface area contributed by atoms with Gasteiger partial charge in [0.1, 0.15) is 0 Å². The third-order valence-electron chi connectivity index (χ3n) is 2.10. The number of halogens is 3. The zero-order valence-electron chi connectivity index (χ0n) is 9.06. The lowest BCUT2D eigenvalue weighted by Gasteiger charge is -2.06. The van der Waals surface area contributed by atoms with Crippen LogP contribution in [0.4, 0.5) is 5.69 Å². The van der Waals surface area contributed by atoms with Crippen molar-refractivity contribution in [1.29, 1.82) is 0 Å². The molecule has 0 atom stereocenters. The van der Waals surface area contributed by atoms with Crippen molar-refractivity contribution in [2.24, 2.45) is 0 Å². The minimum atomic E-state index is -0.262. The summed E-state index contributed by atoms with van der Waals surface area (Å²) in [5.74, 6) is -0.262. The van der Waals surface area contributed by atoms with Crippen LogP contribution in [0.1, 0.15) is 10.4 Å². The molecule has 94 valence electrons. The molecule has 0 bridgehead atoms. The van der Waals surface area contributed by atoms with E-state index >= 15 is 0 Å². The molecule has 0 fully saturated rings. The number of hydrogen-bond donors (Lipinski definition) is 1. The molecule has 1 aromatic carbocycles. The smallest absolute Gasteiger partial charge is 0.257 e. The highest BCUT2D eigenvalue weighted by atomic mass is 35.5. The van der Waals surface area contributed by atoms with Crippen molar-refractivity contribution in [2.75, 3.05) is 5.32 Å². The van der Waals surface area contributed by atoms with Gasteiger partial charge in [-0.15, -0.1) is 12.4 Å². The Morgan fingerprint density at radius 3 is 2.61 bits per heavy atom. The molecule has 0 spiro atoms. The zero-order valence-corrected chi connectivity index (χ0v) is 11.4. The highest BCUT2D eigenvalue weighted by Crippen LogP contribution is 2.25. The molecular formula is C12H9Cl3N2O. The summed E-state index contributed by atoms with van der Waals surface area (Å²) in [6, 6.07) is 8.25. The van der Waals surface area contributed by atoms with E-state index in [-0.39, 0.29) is 18.3 Å². The second kappa shape index (κ2) is 6.59. The van der Waals surface area contributed by atoms with Gasteiger partial charge in [0.25, 0.3) is 5.91 Å². The number of benzene rings is 1. The van der Waals surface area contributed by atoms with Crippen molar-refractivity contribution >= 4 is 47.2 Å². The van der Waals surface area contributed by atoms with Crippen molar-refractivity contribution in [2.45, 2.75) is 0 Å². The van der Waals surface area contributed by atoms with Gasteiger partial charge in [-0.1, -0.05) is 23.2 Å². The molecule has 18 heavy (non-hydrogen) atoms. The van der Waals surface area contributed by atoms with Gasteiger partial charge in [0, 0.05) is 17.4 Å². The number of carbonyl (C=O) groups excluding carboxylic acids is 1. The molecule has 0 aliphatic heterocycles. The van der Waals surface area contributed by atoms with E-state index in [9.17, 15) is 4.79 Å². The van der Waals surface area contributed by atoms with Crippen molar-refractivity contribution in [3.8, 4) is 0 Å². The Kier molecular flexibility index (Phi) is 5.41. The number of aromatic nitrogens is 1. The van der Waals surface area contributed by atoms with E-state index in [0.717, 1.165) is 0 Å². The summed E-state index contributed by atoms with van der Waals surface area (Å²) in [7, 11) is 0. The van der Waals surface area contributed by atoms with Gasteiger partial charge in [0.15, 0.2) is 0 Å². The summed E-state index contributed by atoms with van der Waals surface area (Å²) in [6.07, 6.45) is 3.09. The summed E-state index contributed by atoms with van der Waals surface area (Å²) in [5, 5.41) is 3.60. The molecular weight excluding hydrogens is 295 g/mol. The van der Waals surface area contributed by atoms with Crippen LogP contribution in [0.5, 0.6) is 0 Å². The number of nitrogens with one attached hydrogen (secondary N) is 1. The lowest BCUT2D eigenvalue weighted by atomic mass is 10.2. The van der Waals surface area contributed by atoms with Crippen molar-refractivity contribution < 1.29 is 4.79 Å². The third-order valence-corrected chi connectivity index (χ3v) is 2.65. The van der Waals surface area contributed by atoms with Crippen molar-refractivity contribution in [3.05, 3.63) is 58.3 Å². The number of pyridine rings is 1. The summed E-state index contributed by atoms with van der Waals surface area (Å²) >= 11 is 11.7. The normalized spacial score (nSPS) is 9.44. The minimum Gasteiger partial charge on any atom is -0.321 e. The molecule has 0 saturated heterocycles. The van der Waals surface area contributed by atoms with Crippen LogP contribution in [0.15, 0.2) is 42.7 Å². The average Bonchev–Trinajstić information content (AvgIpc) is 2.34. The monoisotopic (exact) mass is 302 g/mol. The number of rotatable bonds is 2. The van der Waals surface area contributed by atoms with Gasteiger partial charge in [-0.25, -0.2) is 0 Å². The van der Waals surface area contributed by atoms with E-state index in [1.165, 1.54) is 6.20 Å². The fourth-order valence-corrected chi connectivity index (χ4v) is 1.74. The van der Waals surface area contributed by atoms with E-state index in [0.29, 0.717) is 21.3 Å². The second-order valence-corrected chi connectivity index (χ2v) is 4.16. The Morgan fingerprint density at radius 2 is 2.00 bits per heavy atom. The first-order chi connectivity index (χ1) is 8.16. The largest absolute Gasteiger partial charge is 0.321 e. The lowest BCUT2D eigenvalue weighted by molar-refractivity contribution is 0.102. The SMILES string of the molecule is Cl.O=C(Nc1ccc(Cl)cc1Cl)c1cccnc1. The van der Waals surface area contributed by atoms with E-state index in [4.69, 9.17) is 23.2 Å². The second-order valence-electron chi connectivity index (χ2n) is 3.32. The van der Waals surface area contributed by atoms with Crippen LogP contribution in [-0.2, 0) is 0 Å². The van der Waals surface area contributed by atoms with Crippen molar-refractivity contribution in [3.63, 3.8) is 0 Å². The summed E-state index contributed by atoms with van der Waals surface area (Å²) in [4.78, 5) is 15.7. The van der Waals surface area contributed by atoms with Crippen LogP contribution in [-0.4, -0.2) is 10.9 Å². The van der Waals surface area contributed by atoms with Gasteiger partial charge in [-0.2, -0.15) is 0 Å². The maximum Gasteiger partial charge on any atom is 0.257 e. The highest BCUT2D eigenvalue weighted by molar-refractivity contribution is 6.36. The molecule has 1 amide bonds. The summed E-state index contributed by atoms with van der Waals surface area (Å²) < 4.78 is 0. The molecule has 1 aromatic heterocycles. The number of hydrogen-bond acceptors (Lipinski definition) is 2. The molecule has 6 heteroatoms. The molecule has 0 saturated carbocycles. The molecule has 0 unspecified atom stereocenters. The van der Waals surface area contributed by atoms with E-state index < -0.39 is 0 Å². The van der Waals surface area contributed by atoms with E-state index in [1.807, 2.05) is 0 Å². The molecule has 1 heterocycles. The van der Waals surface area contributed by atoms with Crippen molar-refractivity contribution in [1.82, 2.24) is 4.98 Å². The Bertz CT molecular complexity index is 546. The van der Waals surface area contributed by atoms with Gasteiger partial charge in [0.05, 0.1) is 16.3 Å². The molecule has 1 N–H and O–H groups in total. The molecule has 2 rings (SSSR count). The standard InChI is InChI=1S/C12H8Cl2N2O.ClH/c13-9-3-4-11(10(14)6-9)16-12(17)8-2-1-5-15-7-8;/h1-7H,(H,16,17);1H. The van der Waals surface area contributed by atoms with Gasteiger partial charge in [-0.05, 0) is 30.3 Å². The maximum atomic E-state index is 11.8. The third kappa shape index (κ3) is 3.60. The van der Waals surface area contributed by atoms with Crippen LogP contribution in [0.2, 0.25) is 10.0 Å². The zero-order chi connectivity index (χ0) is 12.3. The Morgan fingerprint density at radius 1 is 1.22 bits per heavy atom. The van der Waals surface area contributed by atoms with E-state index in [2.05, 4.69) is 10.3 Å². The van der Waals surface area contributed by atoms with Crippen LogP contribution in [0, 0.1) is 0 Å². The maximum absolute atomic E-state index is 11.8. The Hall–Kier alpha value is -1.29. The minimum absolute atomic E-state index is 0. The number of carbonyl (C=O) groups is 1. The first-order valence-electron chi connectivity index (χ1n) is 4.83. The van der Waals surface area contributed by atoms with Gasteiger partial charge in [0.2, 0.25) is 0 Å². The van der Waals surface area contributed by atoms with Gasteiger partial charge in [-0.3, -0.25) is 9.78 Å². The fraction of sp³-hybridized carbons (Fsp3) is 0. The summed E-state index contributed by atoms with van der Waals surface area (Å²) in [6.45, 7) is 0. The first kappa shape index (κ1) is 14.8. The molecule has 0 aliphatic rings. The molecule has 0 radical (unpaired) electrons. The number of anilines is 1. The molecule has 3 nitrogen and oxygen atoms in total. The predicted molar refractivity (Wildman–Crippen MR) is 75.9 cm³/mol. The van der Waals surface area contributed by atoms with E-state index in [1.54, 1.807) is 36.5 Å². The van der Waals surface area contributed by atoms with Crippen LogP contribution < -0.4 is 5.32 Å². The molecule has 2 aromatic rings. The highest BCUT2D eigenvalue weighted by Gasteiger charge is 2.08. The summed E-state index contributed by atoms with van der Waals surface area (Å²) in [5.41, 5.74) is 0.989. The first-order valence-corrected chi connectivity index (χ1v) is 5.59. The topological polar surface area (TPSA) is 42.0 Å². The quantitative estimate of drug-likeness (QED) is 0.909. The Labute approximate surface area is 121 Å². The average molecular weight is 304 g/mol. The van der Waals surface area contributed by atoms with Gasteiger partial charge >= 0.3 is 0 Å². The lowest BCUT2D eigenvalue weighted by Crippen LogP contribution is -2.12. The van der Waals surface area contributed by atoms with Gasteiger partial charge < -0.3 is 5.32 Å². The predicted octanol–water partition coefficient (Wildman–Crippen LogP) is 4.06. The Balaban J connectivity index is 0.00000162. The van der Waals surface area contributed by atoms with Crippen LogP contribution >= 0.6 is 35.6 Å². The number of amides is 1. The van der Waals surface area contributed by atoms with Crippen LogP contribution in [0.3, 0.4) is 0 Å². The fourth-order valence-electron chi connectivity index (χ4n) is 1.28. The number of nitrogens with zero attached hydrogens (tertiary/aromatic N) is 1. The molecule has 0 aliphatic carbocycles. The van der Waals surface area contributed by atoms with Crippen LogP contribution in [0.25, 0.3) is 0 Å².